The highest BCUT2D eigenvalue weighted by Gasteiger charge is 2.23. The molecule has 1 aromatic carbocycles. The average Bonchev–Trinajstić information content (AvgIpc) is 2.97. The Labute approximate surface area is 129 Å². The van der Waals surface area contributed by atoms with Gasteiger partial charge in [-0.15, -0.1) is 10.2 Å². The van der Waals surface area contributed by atoms with Crippen molar-refractivity contribution in [2.45, 2.75) is 26.4 Å². The van der Waals surface area contributed by atoms with Crippen molar-refractivity contribution in [2.75, 3.05) is 19.6 Å². The third-order valence-corrected chi connectivity index (χ3v) is 3.86. The lowest BCUT2D eigenvalue weighted by Gasteiger charge is -2.33. The van der Waals surface area contributed by atoms with Crippen LogP contribution in [0.15, 0.2) is 24.3 Å². The summed E-state index contributed by atoms with van der Waals surface area (Å²) in [5.74, 6) is 0.572. The second-order valence-electron chi connectivity index (χ2n) is 5.65. The number of rotatable bonds is 3. The van der Waals surface area contributed by atoms with Gasteiger partial charge in [0.25, 0.3) is 0 Å². The molecule has 1 aliphatic heterocycles. The lowest BCUT2D eigenvalue weighted by Crippen LogP contribution is -2.53. The van der Waals surface area contributed by atoms with Gasteiger partial charge in [0.1, 0.15) is 6.54 Å². The van der Waals surface area contributed by atoms with Gasteiger partial charge in [-0.05, 0) is 19.1 Å². The van der Waals surface area contributed by atoms with Crippen LogP contribution in [0.3, 0.4) is 0 Å². The van der Waals surface area contributed by atoms with Crippen molar-refractivity contribution in [1.29, 1.82) is 0 Å². The van der Waals surface area contributed by atoms with Gasteiger partial charge >= 0.3 is 0 Å². The van der Waals surface area contributed by atoms with Crippen LogP contribution in [0.2, 0.25) is 0 Å². The maximum Gasteiger partial charge on any atom is 0.246 e. The van der Waals surface area contributed by atoms with Crippen LogP contribution in [-0.2, 0) is 11.3 Å². The number of tetrazole rings is 1. The Balaban J connectivity index is 1.68. The van der Waals surface area contributed by atoms with Gasteiger partial charge in [0.15, 0.2) is 0 Å². The molecule has 2 aromatic rings. The molecule has 1 amide bonds. The maximum absolute atomic E-state index is 12.3. The van der Waals surface area contributed by atoms with E-state index in [1.54, 1.807) is 0 Å². The van der Waals surface area contributed by atoms with E-state index in [0.717, 1.165) is 25.2 Å². The molecule has 0 saturated carbocycles. The van der Waals surface area contributed by atoms with Crippen LogP contribution in [-0.4, -0.2) is 56.7 Å². The summed E-state index contributed by atoms with van der Waals surface area (Å²) in [5.41, 5.74) is 2.08. The summed E-state index contributed by atoms with van der Waals surface area (Å²) in [7, 11) is 0. The Morgan fingerprint density at radius 2 is 2.14 bits per heavy atom. The number of nitrogens with one attached hydrogen (secondary N) is 1. The minimum atomic E-state index is 0.0295. The van der Waals surface area contributed by atoms with Crippen LogP contribution in [0.1, 0.15) is 12.5 Å². The minimum absolute atomic E-state index is 0.0295. The highest BCUT2D eigenvalue weighted by Crippen LogP contribution is 2.14. The van der Waals surface area contributed by atoms with E-state index in [4.69, 9.17) is 0 Å². The van der Waals surface area contributed by atoms with E-state index < -0.39 is 0 Å². The first-order valence-electron chi connectivity index (χ1n) is 7.48. The van der Waals surface area contributed by atoms with Crippen LogP contribution < -0.4 is 5.32 Å². The van der Waals surface area contributed by atoms with Gasteiger partial charge in [-0.2, -0.15) is 4.80 Å². The topological polar surface area (TPSA) is 75.9 Å². The summed E-state index contributed by atoms with van der Waals surface area (Å²) < 4.78 is 0. The molecule has 0 unspecified atom stereocenters. The minimum Gasteiger partial charge on any atom is -0.336 e. The smallest absolute Gasteiger partial charge is 0.246 e. The van der Waals surface area contributed by atoms with E-state index in [1.165, 1.54) is 10.4 Å². The Hall–Kier alpha value is -2.28. The van der Waals surface area contributed by atoms with Gasteiger partial charge in [0.2, 0.25) is 11.7 Å². The van der Waals surface area contributed by atoms with Crippen LogP contribution in [0.5, 0.6) is 0 Å². The molecule has 1 atom stereocenters. The van der Waals surface area contributed by atoms with Crippen molar-refractivity contribution in [2.24, 2.45) is 0 Å². The van der Waals surface area contributed by atoms with E-state index in [1.807, 2.05) is 43.0 Å². The number of carbonyl (C=O) groups excluding carboxylic acids is 1. The first-order valence-corrected chi connectivity index (χ1v) is 7.48. The molecule has 1 fully saturated rings. The molecule has 0 spiro atoms. The number of piperazine rings is 1. The van der Waals surface area contributed by atoms with Crippen molar-refractivity contribution >= 4 is 5.91 Å². The zero-order valence-corrected chi connectivity index (χ0v) is 12.9. The molecule has 0 radical (unpaired) electrons. The summed E-state index contributed by atoms with van der Waals surface area (Å²) in [6.07, 6.45) is 0. The highest BCUT2D eigenvalue weighted by molar-refractivity contribution is 5.76. The first kappa shape index (κ1) is 14.6. The molecule has 1 aliphatic rings. The van der Waals surface area contributed by atoms with Crippen molar-refractivity contribution in [1.82, 2.24) is 30.4 Å². The number of nitrogens with zero attached hydrogens (tertiary/aromatic N) is 5. The highest BCUT2D eigenvalue weighted by atomic mass is 16.2. The number of aryl methyl sites for hydroxylation is 1. The molecule has 2 heterocycles. The fraction of sp³-hybridized carbons (Fsp3) is 0.467. The van der Waals surface area contributed by atoms with Crippen molar-refractivity contribution in [3.8, 4) is 11.4 Å². The summed E-state index contributed by atoms with van der Waals surface area (Å²) in [6, 6.07) is 8.11. The monoisotopic (exact) mass is 300 g/mol. The van der Waals surface area contributed by atoms with Gasteiger partial charge < -0.3 is 10.2 Å². The second-order valence-corrected chi connectivity index (χ2v) is 5.65. The Morgan fingerprint density at radius 3 is 2.86 bits per heavy atom. The molecule has 0 bridgehead atoms. The van der Waals surface area contributed by atoms with E-state index >= 15 is 0 Å². The predicted octanol–water partition coefficient (Wildman–Crippen LogP) is 0.469. The molecule has 1 saturated heterocycles. The third kappa shape index (κ3) is 3.14. The Bertz CT molecular complexity index is 650. The molecule has 7 heteroatoms. The molecule has 22 heavy (non-hydrogen) atoms. The van der Waals surface area contributed by atoms with Crippen LogP contribution in [0, 0.1) is 6.92 Å². The van der Waals surface area contributed by atoms with Crippen molar-refractivity contribution in [3.05, 3.63) is 29.8 Å². The zero-order chi connectivity index (χ0) is 15.5. The molecule has 0 aliphatic carbocycles. The largest absolute Gasteiger partial charge is 0.336 e. The average molecular weight is 300 g/mol. The summed E-state index contributed by atoms with van der Waals surface area (Å²) >= 11 is 0. The molecule has 1 N–H and O–H groups in total. The normalized spacial score (nSPS) is 18.5. The number of aromatic nitrogens is 4. The van der Waals surface area contributed by atoms with Gasteiger partial charge in [0.05, 0.1) is 0 Å². The molecular weight excluding hydrogens is 280 g/mol. The van der Waals surface area contributed by atoms with Gasteiger partial charge in [-0.1, -0.05) is 29.8 Å². The van der Waals surface area contributed by atoms with Gasteiger partial charge in [-0.25, -0.2) is 0 Å². The van der Waals surface area contributed by atoms with Crippen molar-refractivity contribution in [3.63, 3.8) is 0 Å². The Kier molecular flexibility index (Phi) is 4.15. The zero-order valence-electron chi connectivity index (χ0n) is 12.9. The second kappa shape index (κ2) is 6.23. The third-order valence-electron chi connectivity index (χ3n) is 3.86. The standard InChI is InChI=1S/C15H20N6O/c1-11-3-5-13(6-4-11)15-17-19-21(18-15)10-14(22)20-8-7-16-9-12(20)2/h3-6,12,16H,7-10H2,1-2H3/t12-/m0/s1. The summed E-state index contributed by atoms with van der Waals surface area (Å²) in [5, 5.41) is 15.6. The quantitative estimate of drug-likeness (QED) is 0.891. The number of benzene rings is 1. The van der Waals surface area contributed by atoms with E-state index in [9.17, 15) is 4.79 Å². The number of hydrogen-bond donors (Lipinski definition) is 1. The molecule has 7 nitrogen and oxygen atoms in total. The predicted molar refractivity (Wildman–Crippen MR) is 82.0 cm³/mol. The van der Waals surface area contributed by atoms with Crippen LogP contribution >= 0.6 is 0 Å². The van der Waals surface area contributed by atoms with E-state index in [0.29, 0.717) is 5.82 Å². The fourth-order valence-corrected chi connectivity index (χ4v) is 2.55. The molecule has 116 valence electrons. The Morgan fingerprint density at radius 1 is 1.36 bits per heavy atom. The maximum atomic E-state index is 12.3. The van der Waals surface area contributed by atoms with Crippen LogP contribution in [0.4, 0.5) is 0 Å². The molecule has 1 aromatic heterocycles. The summed E-state index contributed by atoms with van der Waals surface area (Å²) in [6.45, 7) is 6.57. The lowest BCUT2D eigenvalue weighted by molar-refractivity contribution is -0.135. The lowest BCUT2D eigenvalue weighted by atomic mass is 10.1. The van der Waals surface area contributed by atoms with Crippen LogP contribution in [0.25, 0.3) is 11.4 Å². The fourth-order valence-electron chi connectivity index (χ4n) is 2.55. The van der Waals surface area contributed by atoms with E-state index in [2.05, 4.69) is 20.7 Å². The van der Waals surface area contributed by atoms with E-state index in [-0.39, 0.29) is 18.5 Å². The molecule has 3 rings (SSSR count). The number of carbonyl (C=O) groups is 1. The first-order chi connectivity index (χ1) is 10.6. The van der Waals surface area contributed by atoms with Gasteiger partial charge in [-0.3, -0.25) is 4.79 Å². The van der Waals surface area contributed by atoms with Gasteiger partial charge in [0, 0.05) is 31.2 Å². The molecular formula is C15H20N6O. The van der Waals surface area contributed by atoms with Crippen molar-refractivity contribution < 1.29 is 4.79 Å². The number of amides is 1. The SMILES string of the molecule is Cc1ccc(-c2nnn(CC(=O)N3CCNC[C@@H]3C)n2)cc1. The summed E-state index contributed by atoms with van der Waals surface area (Å²) in [4.78, 5) is 15.6. The number of hydrogen-bond acceptors (Lipinski definition) is 5.